The molecule has 2 saturated heterocycles. The SMILES string of the molecule is Cc1ccc(OCC2CC3CCC2N3C(=O)c2nc(C)ccc2-c2ncccn2)nc1. The van der Waals surface area contributed by atoms with Crippen molar-refractivity contribution in [3.05, 3.63) is 65.9 Å². The molecule has 0 radical (unpaired) electrons. The molecule has 0 N–H and O–H groups in total. The number of hydrogen-bond donors (Lipinski definition) is 0. The molecule has 1 amide bonds. The van der Waals surface area contributed by atoms with Crippen molar-refractivity contribution in [1.29, 1.82) is 0 Å². The zero-order chi connectivity index (χ0) is 21.4. The van der Waals surface area contributed by atoms with Crippen molar-refractivity contribution in [2.45, 2.75) is 45.2 Å². The predicted molar refractivity (Wildman–Crippen MR) is 116 cm³/mol. The Balaban J connectivity index is 1.37. The lowest BCUT2D eigenvalue weighted by molar-refractivity contribution is 0.0704. The Morgan fingerprint density at radius 3 is 2.71 bits per heavy atom. The largest absolute Gasteiger partial charge is 0.477 e. The molecule has 0 aliphatic carbocycles. The Morgan fingerprint density at radius 1 is 1.10 bits per heavy atom. The molecule has 3 aromatic rings. The van der Waals surface area contributed by atoms with Crippen molar-refractivity contribution in [2.75, 3.05) is 6.61 Å². The fourth-order valence-electron chi connectivity index (χ4n) is 4.80. The van der Waals surface area contributed by atoms with Crippen molar-refractivity contribution in [2.24, 2.45) is 5.92 Å². The summed E-state index contributed by atoms with van der Waals surface area (Å²) in [5, 5.41) is 0. The van der Waals surface area contributed by atoms with E-state index in [1.54, 1.807) is 18.5 Å². The van der Waals surface area contributed by atoms with Crippen LogP contribution in [0, 0.1) is 19.8 Å². The van der Waals surface area contributed by atoms with E-state index in [0.717, 1.165) is 30.5 Å². The maximum Gasteiger partial charge on any atom is 0.273 e. The summed E-state index contributed by atoms with van der Waals surface area (Å²) in [6.45, 7) is 4.47. The van der Waals surface area contributed by atoms with E-state index in [1.807, 2.05) is 49.2 Å². The average Bonchev–Trinajstić information content (AvgIpc) is 3.37. The van der Waals surface area contributed by atoms with E-state index >= 15 is 0 Å². The fraction of sp³-hybridized carbons (Fsp3) is 0.375. The van der Waals surface area contributed by atoms with Gasteiger partial charge >= 0.3 is 0 Å². The van der Waals surface area contributed by atoms with Crippen LogP contribution in [0.25, 0.3) is 11.4 Å². The molecule has 7 nitrogen and oxygen atoms in total. The molecule has 0 saturated carbocycles. The van der Waals surface area contributed by atoms with Gasteiger partial charge in [0.05, 0.1) is 12.2 Å². The molecular weight excluding hydrogens is 390 g/mol. The molecule has 0 aromatic carbocycles. The lowest BCUT2D eigenvalue weighted by Crippen LogP contribution is -2.38. The molecule has 2 fully saturated rings. The van der Waals surface area contributed by atoms with Crippen molar-refractivity contribution < 1.29 is 9.53 Å². The molecule has 31 heavy (non-hydrogen) atoms. The highest BCUT2D eigenvalue weighted by molar-refractivity contribution is 5.99. The smallest absolute Gasteiger partial charge is 0.273 e. The Kier molecular flexibility index (Phi) is 5.10. The molecule has 2 aliphatic rings. The third-order valence-corrected chi connectivity index (χ3v) is 6.27. The van der Waals surface area contributed by atoms with E-state index in [4.69, 9.17) is 4.74 Å². The number of nitrogens with zero attached hydrogens (tertiary/aromatic N) is 5. The summed E-state index contributed by atoms with van der Waals surface area (Å²) in [5.41, 5.74) is 3.02. The third kappa shape index (κ3) is 3.76. The maximum atomic E-state index is 13.7. The van der Waals surface area contributed by atoms with E-state index in [2.05, 4.69) is 19.9 Å². The van der Waals surface area contributed by atoms with E-state index in [-0.39, 0.29) is 18.0 Å². The number of fused-ring (bicyclic) bond motifs is 2. The highest BCUT2D eigenvalue weighted by Crippen LogP contribution is 2.43. The summed E-state index contributed by atoms with van der Waals surface area (Å²) in [6, 6.07) is 9.84. The number of pyridine rings is 2. The van der Waals surface area contributed by atoms with Gasteiger partial charge in [-0.05, 0) is 56.9 Å². The number of ether oxygens (including phenoxy) is 1. The number of hydrogen-bond acceptors (Lipinski definition) is 6. The van der Waals surface area contributed by atoms with Crippen LogP contribution in [0.1, 0.15) is 41.0 Å². The molecule has 3 unspecified atom stereocenters. The highest BCUT2D eigenvalue weighted by atomic mass is 16.5. The van der Waals surface area contributed by atoms with Gasteiger partial charge in [0.2, 0.25) is 5.88 Å². The van der Waals surface area contributed by atoms with Crippen LogP contribution in [0.15, 0.2) is 48.9 Å². The second-order valence-electron chi connectivity index (χ2n) is 8.41. The standard InChI is InChI=1S/C24H25N5O2/c1-15-4-9-21(27-13-15)31-14-17-12-18-6-8-20(17)29(18)24(30)22-19(7-5-16(2)28-22)23-25-10-3-11-26-23/h3-5,7,9-11,13,17-18,20H,6,8,12,14H2,1-2H3. The minimum absolute atomic E-state index is 0.0328. The molecule has 2 aliphatic heterocycles. The number of aromatic nitrogens is 4. The average molecular weight is 415 g/mol. The van der Waals surface area contributed by atoms with Gasteiger partial charge in [-0.15, -0.1) is 0 Å². The zero-order valence-corrected chi connectivity index (χ0v) is 17.7. The number of carbonyl (C=O) groups is 1. The fourth-order valence-corrected chi connectivity index (χ4v) is 4.80. The van der Waals surface area contributed by atoms with Gasteiger partial charge in [0.25, 0.3) is 5.91 Å². The molecule has 2 bridgehead atoms. The third-order valence-electron chi connectivity index (χ3n) is 6.27. The molecule has 0 spiro atoms. The number of amides is 1. The first-order valence-electron chi connectivity index (χ1n) is 10.7. The molecule has 3 atom stereocenters. The van der Waals surface area contributed by atoms with Crippen LogP contribution in [0.5, 0.6) is 5.88 Å². The predicted octanol–water partition coefficient (Wildman–Crippen LogP) is 3.62. The van der Waals surface area contributed by atoms with Gasteiger partial charge in [-0.3, -0.25) is 4.79 Å². The molecular formula is C24H25N5O2. The zero-order valence-electron chi connectivity index (χ0n) is 17.7. The van der Waals surface area contributed by atoms with E-state index in [1.165, 1.54) is 0 Å². The van der Waals surface area contributed by atoms with Crippen LogP contribution in [0.3, 0.4) is 0 Å². The normalized spacial score (nSPS) is 22.0. The Labute approximate surface area is 181 Å². The van der Waals surface area contributed by atoms with Gasteiger partial charge < -0.3 is 9.64 Å². The highest BCUT2D eigenvalue weighted by Gasteiger charge is 2.49. The summed E-state index contributed by atoms with van der Waals surface area (Å²) in [4.78, 5) is 33.3. The lowest BCUT2D eigenvalue weighted by Gasteiger charge is -2.25. The van der Waals surface area contributed by atoms with E-state index in [9.17, 15) is 4.79 Å². The first-order chi connectivity index (χ1) is 15.1. The summed E-state index contributed by atoms with van der Waals surface area (Å²) in [5.74, 6) is 1.42. The quantitative estimate of drug-likeness (QED) is 0.633. The van der Waals surface area contributed by atoms with Crippen molar-refractivity contribution >= 4 is 5.91 Å². The van der Waals surface area contributed by atoms with Gasteiger partial charge in [0.1, 0.15) is 5.69 Å². The molecule has 5 rings (SSSR count). The topological polar surface area (TPSA) is 81.1 Å². The molecule has 3 aromatic heterocycles. The van der Waals surface area contributed by atoms with Crippen LogP contribution in [-0.4, -0.2) is 49.4 Å². The first-order valence-corrected chi connectivity index (χ1v) is 10.7. The summed E-state index contributed by atoms with van der Waals surface area (Å²) in [7, 11) is 0. The minimum Gasteiger partial charge on any atom is -0.477 e. The van der Waals surface area contributed by atoms with Crippen LogP contribution in [-0.2, 0) is 0 Å². The Bertz CT molecular complexity index is 1090. The summed E-state index contributed by atoms with van der Waals surface area (Å²) < 4.78 is 5.96. The summed E-state index contributed by atoms with van der Waals surface area (Å²) >= 11 is 0. The number of aryl methyl sites for hydroxylation is 2. The summed E-state index contributed by atoms with van der Waals surface area (Å²) in [6.07, 6.45) is 8.15. The van der Waals surface area contributed by atoms with Crippen LogP contribution < -0.4 is 4.74 Å². The van der Waals surface area contributed by atoms with Gasteiger partial charge in [0, 0.05) is 48.4 Å². The van der Waals surface area contributed by atoms with E-state index < -0.39 is 0 Å². The number of rotatable bonds is 5. The van der Waals surface area contributed by atoms with E-state index in [0.29, 0.717) is 35.5 Å². The lowest BCUT2D eigenvalue weighted by atomic mass is 9.90. The van der Waals surface area contributed by atoms with Crippen molar-refractivity contribution in [3.63, 3.8) is 0 Å². The second-order valence-corrected chi connectivity index (χ2v) is 8.41. The Morgan fingerprint density at radius 2 is 1.94 bits per heavy atom. The van der Waals surface area contributed by atoms with Gasteiger partial charge in [-0.2, -0.15) is 0 Å². The monoisotopic (exact) mass is 415 g/mol. The van der Waals surface area contributed by atoms with Crippen LogP contribution >= 0.6 is 0 Å². The second kappa shape index (κ2) is 8.06. The molecule has 7 heteroatoms. The van der Waals surface area contributed by atoms with Crippen molar-refractivity contribution in [3.8, 4) is 17.3 Å². The first kappa shape index (κ1) is 19.6. The van der Waals surface area contributed by atoms with Gasteiger partial charge in [-0.25, -0.2) is 19.9 Å². The van der Waals surface area contributed by atoms with Gasteiger partial charge in [0.15, 0.2) is 5.82 Å². The molecule has 158 valence electrons. The van der Waals surface area contributed by atoms with Crippen molar-refractivity contribution in [1.82, 2.24) is 24.8 Å². The maximum absolute atomic E-state index is 13.7. The van der Waals surface area contributed by atoms with Crippen LogP contribution in [0.2, 0.25) is 0 Å². The van der Waals surface area contributed by atoms with Crippen LogP contribution in [0.4, 0.5) is 0 Å². The van der Waals surface area contributed by atoms with Gasteiger partial charge in [-0.1, -0.05) is 6.07 Å². The minimum atomic E-state index is -0.0328. The molecule has 5 heterocycles. The number of carbonyl (C=O) groups excluding carboxylic acids is 1. The Hall–Kier alpha value is -3.35.